The first-order valence-corrected chi connectivity index (χ1v) is 6.20. The minimum Gasteiger partial charge on any atom is -0.384 e. The number of aromatic nitrogens is 2. The van der Waals surface area contributed by atoms with Gasteiger partial charge in [0.2, 0.25) is 0 Å². The molecule has 0 fully saturated rings. The largest absolute Gasteiger partial charge is 0.384 e. The highest BCUT2D eigenvalue weighted by molar-refractivity contribution is 5.58. The van der Waals surface area contributed by atoms with Crippen LogP contribution in [0.3, 0.4) is 0 Å². The lowest BCUT2D eigenvalue weighted by atomic mass is 10.1. The van der Waals surface area contributed by atoms with E-state index in [0.29, 0.717) is 5.82 Å². The van der Waals surface area contributed by atoms with Crippen LogP contribution in [0.1, 0.15) is 25.2 Å². The lowest BCUT2D eigenvalue weighted by Crippen LogP contribution is -2.02. The van der Waals surface area contributed by atoms with Crippen LogP contribution in [0.4, 0.5) is 17.3 Å². The quantitative estimate of drug-likeness (QED) is 0.865. The maximum Gasteiger partial charge on any atom is 0.136 e. The molecule has 94 valence electrons. The summed E-state index contributed by atoms with van der Waals surface area (Å²) in [5, 5.41) is 3.24. The molecule has 0 aliphatic rings. The van der Waals surface area contributed by atoms with E-state index in [1.165, 1.54) is 5.56 Å². The van der Waals surface area contributed by atoms with E-state index in [-0.39, 0.29) is 0 Å². The molecule has 0 radical (unpaired) electrons. The smallest absolute Gasteiger partial charge is 0.136 e. The number of benzene rings is 1. The normalized spacial score (nSPS) is 10.3. The van der Waals surface area contributed by atoms with Crippen molar-refractivity contribution in [2.24, 2.45) is 0 Å². The number of nitrogen functional groups attached to an aromatic ring is 1. The first-order valence-electron chi connectivity index (χ1n) is 6.20. The van der Waals surface area contributed by atoms with E-state index in [9.17, 15) is 0 Å². The van der Waals surface area contributed by atoms with Gasteiger partial charge in [-0.15, -0.1) is 0 Å². The summed E-state index contributed by atoms with van der Waals surface area (Å²) in [6.07, 6.45) is 1.81. The van der Waals surface area contributed by atoms with Gasteiger partial charge in [0, 0.05) is 18.2 Å². The van der Waals surface area contributed by atoms with E-state index in [0.717, 1.165) is 30.2 Å². The fourth-order valence-electron chi connectivity index (χ4n) is 1.71. The Morgan fingerprint density at radius 1 is 1.06 bits per heavy atom. The number of rotatable bonds is 4. The van der Waals surface area contributed by atoms with Crippen LogP contribution in [-0.4, -0.2) is 9.97 Å². The van der Waals surface area contributed by atoms with Crippen molar-refractivity contribution in [1.29, 1.82) is 0 Å². The lowest BCUT2D eigenvalue weighted by molar-refractivity contribution is 0.948. The van der Waals surface area contributed by atoms with Crippen LogP contribution < -0.4 is 11.1 Å². The molecule has 18 heavy (non-hydrogen) atoms. The Balaban J connectivity index is 2.19. The van der Waals surface area contributed by atoms with Crippen molar-refractivity contribution >= 4 is 17.3 Å². The molecule has 1 aromatic heterocycles. The molecule has 0 aliphatic heterocycles. The molecule has 0 spiro atoms. The van der Waals surface area contributed by atoms with Crippen LogP contribution >= 0.6 is 0 Å². The first kappa shape index (κ1) is 12.4. The van der Waals surface area contributed by atoms with Crippen LogP contribution in [0, 0.1) is 0 Å². The summed E-state index contributed by atoms with van der Waals surface area (Å²) in [7, 11) is 0. The van der Waals surface area contributed by atoms with Gasteiger partial charge in [-0.1, -0.05) is 26.0 Å². The van der Waals surface area contributed by atoms with E-state index >= 15 is 0 Å². The number of nitrogens with two attached hydrogens (primary N) is 1. The molecule has 0 atom stereocenters. The molecule has 0 unspecified atom stereocenters. The van der Waals surface area contributed by atoms with E-state index in [4.69, 9.17) is 5.73 Å². The molecular formula is C14H18N4. The fraction of sp³-hybridized carbons (Fsp3) is 0.286. The van der Waals surface area contributed by atoms with E-state index in [1.54, 1.807) is 6.07 Å². The van der Waals surface area contributed by atoms with Crippen LogP contribution in [0.2, 0.25) is 0 Å². The van der Waals surface area contributed by atoms with Crippen molar-refractivity contribution in [1.82, 2.24) is 9.97 Å². The Hall–Kier alpha value is -2.10. The van der Waals surface area contributed by atoms with Crippen molar-refractivity contribution in [3.8, 4) is 0 Å². The Bertz CT molecular complexity index is 520. The number of nitrogens with one attached hydrogen (secondary N) is 1. The van der Waals surface area contributed by atoms with Crippen LogP contribution in [0.25, 0.3) is 0 Å². The van der Waals surface area contributed by atoms with E-state index in [2.05, 4.69) is 34.3 Å². The molecule has 3 N–H and O–H groups in total. The van der Waals surface area contributed by atoms with Crippen LogP contribution in [-0.2, 0) is 12.8 Å². The topological polar surface area (TPSA) is 63.8 Å². The molecule has 2 rings (SSSR count). The van der Waals surface area contributed by atoms with Gasteiger partial charge in [0.15, 0.2) is 0 Å². The zero-order chi connectivity index (χ0) is 13.0. The van der Waals surface area contributed by atoms with Crippen LogP contribution in [0.5, 0.6) is 0 Å². The second-order valence-corrected chi connectivity index (χ2v) is 4.12. The summed E-state index contributed by atoms with van der Waals surface area (Å²) >= 11 is 0. The molecular weight excluding hydrogens is 224 g/mol. The minimum atomic E-state index is 0.495. The van der Waals surface area contributed by atoms with Crippen molar-refractivity contribution in [2.75, 3.05) is 11.1 Å². The maximum atomic E-state index is 5.74. The molecule has 1 heterocycles. The molecule has 0 bridgehead atoms. The fourth-order valence-corrected chi connectivity index (χ4v) is 1.71. The van der Waals surface area contributed by atoms with Gasteiger partial charge in [0.1, 0.15) is 17.5 Å². The van der Waals surface area contributed by atoms with Gasteiger partial charge in [-0.05, 0) is 24.1 Å². The third kappa shape index (κ3) is 2.97. The molecule has 0 amide bonds. The van der Waals surface area contributed by atoms with Gasteiger partial charge in [-0.25, -0.2) is 9.97 Å². The predicted octanol–water partition coefficient (Wildman–Crippen LogP) is 2.93. The molecule has 0 saturated heterocycles. The van der Waals surface area contributed by atoms with Gasteiger partial charge >= 0.3 is 0 Å². The number of hydrogen-bond donors (Lipinski definition) is 2. The third-order valence-corrected chi connectivity index (χ3v) is 2.74. The monoisotopic (exact) mass is 242 g/mol. The Morgan fingerprint density at radius 2 is 1.78 bits per heavy atom. The van der Waals surface area contributed by atoms with Gasteiger partial charge < -0.3 is 11.1 Å². The third-order valence-electron chi connectivity index (χ3n) is 2.74. The van der Waals surface area contributed by atoms with Gasteiger partial charge in [-0.2, -0.15) is 0 Å². The average Bonchev–Trinajstić information content (AvgIpc) is 2.39. The first-order chi connectivity index (χ1) is 8.71. The van der Waals surface area contributed by atoms with E-state index in [1.807, 2.05) is 19.1 Å². The number of aryl methyl sites for hydroxylation is 2. The molecule has 1 aromatic carbocycles. The molecule has 4 heteroatoms. The van der Waals surface area contributed by atoms with Crippen molar-refractivity contribution in [3.63, 3.8) is 0 Å². The summed E-state index contributed by atoms with van der Waals surface area (Å²) in [6.45, 7) is 4.15. The van der Waals surface area contributed by atoms with Crippen LogP contribution in [0.15, 0.2) is 30.3 Å². The van der Waals surface area contributed by atoms with Crippen molar-refractivity contribution in [3.05, 3.63) is 41.7 Å². The van der Waals surface area contributed by atoms with E-state index < -0.39 is 0 Å². The summed E-state index contributed by atoms with van der Waals surface area (Å²) in [5.41, 5.74) is 8.07. The Kier molecular flexibility index (Phi) is 3.77. The Morgan fingerprint density at radius 3 is 2.39 bits per heavy atom. The average molecular weight is 242 g/mol. The number of anilines is 3. The lowest BCUT2D eigenvalue weighted by Gasteiger charge is -2.08. The summed E-state index contributed by atoms with van der Waals surface area (Å²) in [4.78, 5) is 8.54. The zero-order valence-corrected chi connectivity index (χ0v) is 10.8. The van der Waals surface area contributed by atoms with Gasteiger partial charge in [-0.3, -0.25) is 0 Å². The highest BCUT2D eigenvalue weighted by atomic mass is 15.0. The minimum absolute atomic E-state index is 0.495. The second-order valence-electron chi connectivity index (χ2n) is 4.12. The highest BCUT2D eigenvalue weighted by Crippen LogP contribution is 2.17. The summed E-state index contributed by atoms with van der Waals surface area (Å²) < 4.78 is 0. The second kappa shape index (κ2) is 5.49. The summed E-state index contributed by atoms with van der Waals surface area (Å²) in [5.74, 6) is 1.99. The van der Waals surface area contributed by atoms with Gasteiger partial charge in [0.05, 0.1) is 0 Å². The molecule has 0 saturated carbocycles. The SMILES string of the molecule is CCc1ccc(Nc2cc(N)nc(CC)n2)cc1. The predicted molar refractivity (Wildman–Crippen MR) is 74.9 cm³/mol. The maximum absolute atomic E-state index is 5.74. The molecule has 0 aliphatic carbocycles. The standard InChI is InChI=1S/C14H18N4/c1-3-10-5-7-11(8-6-10)16-14-9-12(15)17-13(4-2)18-14/h5-9H,3-4H2,1-2H3,(H3,15,16,17,18). The van der Waals surface area contributed by atoms with Crippen molar-refractivity contribution in [2.45, 2.75) is 26.7 Å². The van der Waals surface area contributed by atoms with Crippen molar-refractivity contribution < 1.29 is 0 Å². The molecule has 4 nitrogen and oxygen atoms in total. The van der Waals surface area contributed by atoms with Gasteiger partial charge in [0.25, 0.3) is 0 Å². The molecule has 2 aromatic rings. The zero-order valence-electron chi connectivity index (χ0n) is 10.8. The number of hydrogen-bond acceptors (Lipinski definition) is 4. The summed E-state index contributed by atoms with van der Waals surface area (Å²) in [6, 6.07) is 10.0. The number of nitrogens with zero attached hydrogens (tertiary/aromatic N) is 2. The Labute approximate surface area is 107 Å². The highest BCUT2D eigenvalue weighted by Gasteiger charge is 2.01.